The fourth-order valence-corrected chi connectivity index (χ4v) is 3.54. The van der Waals surface area contributed by atoms with Gasteiger partial charge in [-0.3, -0.25) is 9.59 Å². The largest absolute Gasteiger partial charge is 0.343 e. The average Bonchev–Trinajstić information content (AvgIpc) is 3.01. The molecular weight excluding hydrogens is 284 g/mol. The molecule has 5 heteroatoms. The van der Waals surface area contributed by atoms with Gasteiger partial charge in [0.05, 0.1) is 6.42 Å². The maximum atomic E-state index is 12.3. The molecule has 1 saturated heterocycles. The molecule has 1 aromatic heterocycles. The molecule has 0 spiro atoms. The second kappa shape index (κ2) is 7.59. The number of hydrogen-bond donors (Lipinski definition) is 0. The fraction of sp³-hybridized carbons (Fsp3) is 0.625. The van der Waals surface area contributed by atoms with E-state index in [2.05, 4.69) is 0 Å². The first-order chi connectivity index (χ1) is 10.2. The molecule has 1 aromatic rings. The Bertz CT molecular complexity index is 461. The molecule has 1 aliphatic heterocycles. The van der Waals surface area contributed by atoms with E-state index in [9.17, 15) is 9.59 Å². The lowest BCUT2D eigenvalue weighted by Gasteiger charge is -2.33. The van der Waals surface area contributed by atoms with Crippen molar-refractivity contribution < 1.29 is 9.59 Å². The summed E-state index contributed by atoms with van der Waals surface area (Å²) in [4.78, 5) is 29.5. The van der Waals surface area contributed by atoms with Crippen molar-refractivity contribution in [3.05, 3.63) is 22.4 Å². The quantitative estimate of drug-likeness (QED) is 0.838. The van der Waals surface area contributed by atoms with Crippen LogP contribution in [0.25, 0.3) is 0 Å². The Hall–Kier alpha value is -1.36. The minimum Gasteiger partial charge on any atom is -0.343 e. The summed E-state index contributed by atoms with van der Waals surface area (Å²) in [5.74, 6) is 0.534. The van der Waals surface area contributed by atoms with Crippen LogP contribution in [0, 0.1) is 5.92 Å². The standard InChI is InChI=1S/C16H24N2O2S/c1-3-17(4-2)16(20)13-7-9-18(10-8-13)15(19)12-14-6-5-11-21-14/h5-6,11,13H,3-4,7-10,12H2,1-2H3. The summed E-state index contributed by atoms with van der Waals surface area (Å²) < 4.78 is 0. The molecule has 1 fully saturated rings. The van der Waals surface area contributed by atoms with E-state index in [-0.39, 0.29) is 17.7 Å². The highest BCUT2D eigenvalue weighted by Crippen LogP contribution is 2.21. The summed E-state index contributed by atoms with van der Waals surface area (Å²) in [7, 11) is 0. The predicted octanol–water partition coefficient (Wildman–Crippen LogP) is 2.40. The number of nitrogens with zero attached hydrogens (tertiary/aromatic N) is 2. The molecule has 2 rings (SSSR count). The van der Waals surface area contributed by atoms with E-state index in [1.54, 1.807) is 11.3 Å². The number of carbonyl (C=O) groups is 2. The number of likely N-dealkylation sites (tertiary alicyclic amines) is 1. The zero-order valence-corrected chi connectivity index (χ0v) is 13.7. The van der Waals surface area contributed by atoms with Crippen LogP contribution in [0.5, 0.6) is 0 Å². The van der Waals surface area contributed by atoms with Gasteiger partial charge in [0.15, 0.2) is 0 Å². The van der Waals surface area contributed by atoms with Gasteiger partial charge in [0, 0.05) is 37.0 Å². The van der Waals surface area contributed by atoms with Crippen LogP contribution in [0.4, 0.5) is 0 Å². The fourth-order valence-electron chi connectivity index (χ4n) is 2.84. The lowest BCUT2D eigenvalue weighted by atomic mass is 9.95. The number of hydrogen-bond acceptors (Lipinski definition) is 3. The van der Waals surface area contributed by atoms with E-state index >= 15 is 0 Å². The normalized spacial score (nSPS) is 16.0. The van der Waals surface area contributed by atoms with Crippen LogP contribution in [0.15, 0.2) is 17.5 Å². The van der Waals surface area contributed by atoms with Crippen LogP contribution in [0.3, 0.4) is 0 Å². The molecule has 21 heavy (non-hydrogen) atoms. The summed E-state index contributed by atoms with van der Waals surface area (Å²) in [6, 6.07) is 3.97. The molecule has 0 N–H and O–H groups in total. The Labute approximate surface area is 130 Å². The lowest BCUT2D eigenvalue weighted by Crippen LogP contribution is -2.44. The molecule has 0 atom stereocenters. The van der Waals surface area contributed by atoms with E-state index < -0.39 is 0 Å². The highest BCUT2D eigenvalue weighted by molar-refractivity contribution is 7.10. The Morgan fingerprint density at radius 1 is 1.29 bits per heavy atom. The summed E-state index contributed by atoms with van der Waals surface area (Å²) in [6.45, 7) is 6.99. The summed E-state index contributed by atoms with van der Waals surface area (Å²) in [5.41, 5.74) is 0. The van der Waals surface area contributed by atoms with Gasteiger partial charge < -0.3 is 9.80 Å². The van der Waals surface area contributed by atoms with Crippen LogP contribution in [0.2, 0.25) is 0 Å². The molecular formula is C16H24N2O2S. The molecule has 0 bridgehead atoms. The first-order valence-corrected chi connectivity index (χ1v) is 8.62. The topological polar surface area (TPSA) is 40.6 Å². The van der Waals surface area contributed by atoms with Gasteiger partial charge in [-0.05, 0) is 38.1 Å². The zero-order valence-electron chi connectivity index (χ0n) is 12.9. The van der Waals surface area contributed by atoms with Gasteiger partial charge in [-0.15, -0.1) is 11.3 Å². The number of rotatable bonds is 5. The van der Waals surface area contributed by atoms with Crippen molar-refractivity contribution in [1.82, 2.24) is 9.80 Å². The third kappa shape index (κ3) is 4.06. The third-order valence-corrected chi connectivity index (χ3v) is 5.05. The molecule has 2 amide bonds. The first kappa shape index (κ1) is 16.0. The minimum absolute atomic E-state index is 0.0932. The van der Waals surface area contributed by atoms with E-state index in [4.69, 9.17) is 0 Å². The van der Waals surface area contributed by atoms with Gasteiger partial charge in [0.2, 0.25) is 11.8 Å². The maximum Gasteiger partial charge on any atom is 0.227 e. The van der Waals surface area contributed by atoms with E-state index in [0.717, 1.165) is 30.8 Å². The number of thiophene rings is 1. The van der Waals surface area contributed by atoms with Crippen molar-refractivity contribution in [2.75, 3.05) is 26.2 Å². The number of piperidine rings is 1. The second-order valence-electron chi connectivity index (χ2n) is 5.42. The molecule has 0 aliphatic carbocycles. The third-order valence-electron chi connectivity index (χ3n) is 4.18. The van der Waals surface area contributed by atoms with Crippen molar-refractivity contribution >= 4 is 23.2 Å². The highest BCUT2D eigenvalue weighted by Gasteiger charge is 2.29. The SMILES string of the molecule is CCN(CC)C(=O)C1CCN(C(=O)Cc2cccs2)CC1. The molecule has 2 heterocycles. The zero-order chi connectivity index (χ0) is 15.2. The second-order valence-corrected chi connectivity index (χ2v) is 6.45. The molecule has 116 valence electrons. The van der Waals surface area contributed by atoms with Crippen molar-refractivity contribution in [3.63, 3.8) is 0 Å². The van der Waals surface area contributed by atoms with E-state index in [1.165, 1.54) is 0 Å². The molecule has 0 radical (unpaired) electrons. The predicted molar refractivity (Wildman–Crippen MR) is 85.3 cm³/mol. The van der Waals surface area contributed by atoms with E-state index in [1.807, 2.05) is 41.2 Å². The van der Waals surface area contributed by atoms with Crippen LogP contribution >= 0.6 is 11.3 Å². The maximum absolute atomic E-state index is 12.3. The smallest absolute Gasteiger partial charge is 0.227 e. The lowest BCUT2D eigenvalue weighted by molar-refractivity contribution is -0.140. The van der Waals surface area contributed by atoms with Crippen LogP contribution < -0.4 is 0 Å². The Morgan fingerprint density at radius 2 is 1.95 bits per heavy atom. The molecule has 4 nitrogen and oxygen atoms in total. The molecule has 0 aromatic carbocycles. The Morgan fingerprint density at radius 3 is 2.48 bits per heavy atom. The molecule has 1 aliphatic rings. The number of carbonyl (C=O) groups excluding carboxylic acids is 2. The first-order valence-electron chi connectivity index (χ1n) is 7.74. The van der Waals surface area contributed by atoms with Gasteiger partial charge in [0.25, 0.3) is 0 Å². The van der Waals surface area contributed by atoms with Crippen LogP contribution in [-0.4, -0.2) is 47.8 Å². The molecule has 0 saturated carbocycles. The number of amides is 2. The minimum atomic E-state index is 0.0932. The highest BCUT2D eigenvalue weighted by atomic mass is 32.1. The molecule has 0 unspecified atom stereocenters. The Kier molecular flexibility index (Phi) is 5.79. The van der Waals surface area contributed by atoms with Crippen LogP contribution in [-0.2, 0) is 16.0 Å². The van der Waals surface area contributed by atoms with Crippen molar-refractivity contribution in [2.45, 2.75) is 33.1 Å². The van der Waals surface area contributed by atoms with Crippen molar-refractivity contribution in [2.24, 2.45) is 5.92 Å². The van der Waals surface area contributed by atoms with Gasteiger partial charge in [-0.2, -0.15) is 0 Å². The van der Waals surface area contributed by atoms with Gasteiger partial charge in [0.1, 0.15) is 0 Å². The Balaban J connectivity index is 1.82. The summed E-state index contributed by atoms with van der Waals surface area (Å²) in [5, 5.41) is 2.00. The van der Waals surface area contributed by atoms with Gasteiger partial charge >= 0.3 is 0 Å². The van der Waals surface area contributed by atoms with Gasteiger partial charge in [-0.1, -0.05) is 6.07 Å². The van der Waals surface area contributed by atoms with E-state index in [0.29, 0.717) is 19.5 Å². The summed E-state index contributed by atoms with van der Waals surface area (Å²) >= 11 is 1.62. The van der Waals surface area contributed by atoms with Crippen LogP contribution in [0.1, 0.15) is 31.6 Å². The van der Waals surface area contributed by atoms with Gasteiger partial charge in [-0.25, -0.2) is 0 Å². The monoisotopic (exact) mass is 308 g/mol. The van der Waals surface area contributed by atoms with Crippen molar-refractivity contribution in [1.29, 1.82) is 0 Å². The van der Waals surface area contributed by atoms with Crippen molar-refractivity contribution in [3.8, 4) is 0 Å². The average molecular weight is 308 g/mol. The summed E-state index contributed by atoms with van der Waals surface area (Å²) in [6.07, 6.45) is 2.09.